The predicted molar refractivity (Wildman–Crippen MR) is 66.3 cm³/mol. The quantitative estimate of drug-likeness (QED) is 0.489. The summed E-state index contributed by atoms with van der Waals surface area (Å²) < 4.78 is 5.01. The fourth-order valence-electron chi connectivity index (χ4n) is 1.33. The van der Waals surface area contributed by atoms with Crippen molar-refractivity contribution in [2.75, 3.05) is 25.2 Å². The van der Waals surface area contributed by atoms with Gasteiger partial charge in [0.25, 0.3) is 0 Å². The molecule has 4 heteroatoms. The van der Waals surface area contributed by atoms with E-state index in [1.54, 1.807) is 0 Å². The lowest BCUT2D eigenvalue weighted by molar-refractivity contribution is -0.145. The van der Waals surface area contributed by atoms with E-state index >= 15 is 0 Å². The van der Waals surface area contributed by atoms with Gasteiger partial charge in [0.15, 0.2) is 0 Å². The molecule has 0 aliphatic rings. The van der Waals surface area contributed by atoms with Crippen LogP contribution < -0.4 is 5.32 Å². The molecule has 0 spiro atoms. The van der Waals surface area contributed by atoms with Crippen LogP contribution in [0.2, 0.25) is 0 Å². The maximum absolute atomic E-state index is 11.5. The van der Waals surface area contributed by atoms with Crippen molar-refractivity contribution >= 4 is 17.7 Å². The number of hydrogen-bond donors (Lipinski definition) is 1. The molecule has 0 bridgehead atoms. The van der Waals surface area contributed by atoms with Crippen LogP contribution in [0.1, 0.15) is 33.1 Å². The zero-order valence-electron chi connectivity index (χ0n) is 10.0. The summed E-state index contributed by atoms with van der Waals surface area (Å²) in [5.74, 6) is 1.03. The Morgan fingerprint density at radius 3 is 2.73 bits per heavy atom. The number of esters is 1. The molecule has 0 aromatic heterocycles. The van der Waals surface area contributed by atoms with Crippen LogP contribution in [-0.2, 0) is 9.53 Å². The van der Waals surface area contributed by atoms with Crippen LogP contribution in [0, 0.1) is 0 Å². The van der Waals surface area contributed by atoms with Gasteiger partial charge >= 0.3 is 5.97 Å². The molecule has 0 aromatic rings. The third-order valence-electron chi connectivity index (χ3n) is 2.06. The van der Waals surface area contributed by atoms with Crippen molar-refractivity contribution in [2.45, 2.75) is 39.2 Å². The molecule has 0 radical (unpaired) electrons. The molecule has 15 heavy (non-hydrogen) atoms. The highest BCUT2D eigenvalue weighted by molar-refractivity contribution is 7.98. The molecule has 3 nitrogen and oxygen atoms in total. The second-order valence-corrected chi connectivity index (χ2v) is 4.38. The normalized spacial score (nSPS) is 12.5. The monoisotopic (exact) mass is 233 g/mol. The van der Waals surface area contributed by atoms with Gasteiger partial charge in [0, 0.05) is 0 Å². The van der Waals surface area contributed by atoms with Crippen LogP contribution in [-0.4, -0.2) is 37.2 Å². The summed E-state index contributed by atoms with van der Waals surface area (Å²) in [5, 5.41) is 3.25. The first kappa shape index (κ1) is 14.8. The highest BCUT2D eigenvalue weighted by Gasteiger charge is 2.17. The molecule has 90 valence electrons. The zero-order valence-corrected chi connectivity index (χ0v) is 10.9. The third kappa shape index (κ3) is 7.68. The second-order valence-electron chi connectivity index (χ2n) is 3.39. The molecule has 1 N–H and O–H groups in total. The Kier molecular flexibility index (Phi) is 10.2. The molecule has 0 aliphatic carbocycles. The van der Waals surface area contributed by atoms with E-state index in [0.29, 0.717) is 6.61 Å². The predicted octanol–water partition coefficient (Wildman–Crippen LogP) is 2.06. The summed E-state index contributed by atoms with van der Waals surface area (Å²) in [6.45, 7) is 5.28. The molecular formula is C11H23NO2S. The molecular weight excluding hydrogens is 210 g/mol. The van der Waals surface area contributed by atoms with Gasteiger partial charge in [0.2, 0.25) is 0 Å². The molecule has 1 atom stereocenters. The van der Waals surface area contributed by atoms with E-state index in [-0.39, 0.29) is 12.0 Å². The van der Waals surface area contributed by atoms with Gasteiger partial charge in [-0.25, -0.2) is 0 Å². The van der Waals surface area contributed by atoms with Crippen molar-refractivity contribution in [2.24, 2.45) is 0 Å². The lowest BCUT2D eigenvalue weighted by Crippen LogP contribution is -2.38. The van der Waals surface area contributed by atoms with Crippen molar-refractivity contribution in [3.05, 3.63) is 0 Å². The van der Waals surface area contributed by atoms with Gasteiger partial charge < -0.3 is 10.1 Å². The molecule has 0 aromatic carbocycles. The number of nitrogens with one attached hydrogen (secondary N) is 1. The highest BCUT2D eigenvalue weighted by atomic mass is 32.2. The topological polar surface area (TPSA) is 38.3 Å². The lowest BCUT2D eigenvalue weighted by atomic mass is 10.1. The smallest absolute Gasteiger partial charge is 0.323 e. The van der Waals surface area contributed by atoms with Gasteiger partial charge in [-0.1, -0.05) is 13.3 Å². The van der Waals surface area contributed by atoms with Crippen LogP contribution in [0.3, 0.4) is 0 Å². The summed E-state index contributed by atoms with van der Waals surface area (Å²) in [6.07, 6.45) is 5.05. The molecule has 0 saturated heterocycles. The standard InChI is InChI=1S/C11H23NO2S/c1-4-7-10(11(13)14-5-2)12-8-6-9-15-3/h10,12H,4-9H2,1-3H3. The minimum Gasteiger partial charge on any atom is -0.465 e. The van der Waals surface area contributed by atoms with E-state index in [1.807, 2.05) is 18.7 Å². The summed E-state index contributed by atoms with van der Waals surface area (Å²) in [5.41, 5.74) is 0. The maximum Gasteiger partial charge on any atom is 0.323 e. The first-order valence-electron chi connectivity index (χ1n) is 5.65. The van der Waals surface area contributed by atoms with E-state index in [9.17, 15) is 4.79 Å². The van der Waals surface area contributed by atoms with E-state index in [1.165, 1.54) is 0 Å². The Bertz CT molecular complexity index is 165. The van der Waals surface area contributed by atoms with Crippen LogP contribution in [0.25, 0.3) is 0 Å². The summed E-state index contributed by atoms with van der Waals surface area (Å²) in [6, 6.07) is -0.114. The molecule has 0 fully saturated rings. The Hall–Kier alpha value is -0.220. The summed E-state index contributed by atoms with van der Waals surface area (Å²) in [7, 11) is 0. The SMILES string of the molecule is CCCC(NCCCSC)C(=O)OCC. The van der Waals surface area contributed by atoms with Gasteiger partial charge in [-0.3, -0.25) is 4.79 Å². The number of carbonyl (C=O) groups is 1. The molecule has 0 saturated carbocycles. The van der Waals surface area contributed by atoms with Gasteiger partial charge in [0.1, 0.15) is 6.04 Å². The van der Waals surface area contributed by atoms with Crippen LogP contribution in [0.15, 0.2) is 0 Å². The second kappa shape index (κ2) is 10.3. The fraction of sp³-hybridized carbons (Fsp3) is 0.909. The number of carbonyl (C=O) groups excluding carboxylic acids is 1. The number of ether oxygens (including phenoxy) is 1. The van der Waals surface area contributed by atoms with Gasteiger partial charge in [-0.05, 0) is 38.3 Å². The minimum atomic E-state index is -0.114. The molecule has 0 aliphatic heterocycles. The largest absolute Gasteiger partial charge is 0.465 e. The Labute approximate surface area is 97.3 Å². The van der Waals surface area contributed by atoms with Crippen LogP contribution in [0.4, 0.5) is 0 Å². The Morgan fingerprint density at radius 1 is 1.47 bits per heavy atom. The average Bonchev–Trinajstić information content (AvgIpc) is 2.23. The van der Waals surface area contributed by atoms with Crippen molar-refractivity contribution in [3.63, 3.8) is 0 Å². The minimum absolute atomic E-state index is 0.108. The van der Waals surface area contributed by atoms with Crippen molar-refractivity contribution in [3.8, 4) is 0 Å². The third-order valence-corrected chi connectivity index (χ3v) is 2.76. The van der Waals surface area contributed by atoms with Crippen molar-refractivity contribution < 1.29 is 9.53 Å². The van der Waals surface area contributed by atoms with Crippen molar-refractivity contribution in [1.82, 2.24) is 5.32 Å². The summed E-state index contributed by atoms with van der Waals surface area (Å²) in [4.78, 5) is 11.5. The first-order valence-corrected chi connectivity index (χ1v) is 7.04. The zero-order chi connectivity index (χ0) is 11.5. The number of hydrogen-bond acceptors (Lipinski definition) is 4. The van der Waals surface area contributed by atoms with E-state index < -0.39 is 0 Å². The van der Waals surface area contributed by atoms with E-state index in [4.69, 9.17) is 4.74 Å². The number of rotatable bonds is 9. The highest BCUT2D eigenvalue weighted by Crippen LogP contribution is 2.01. The maximum atomic E-state index is 11.5. The van der Waals surface area contributed by atoms with Crippen LogP contribution >= 0.6 is 11.8 Å². The van der Waals surface area contributed by atoms with Gasteiger partial charge in [-0.2, -0.15) is 11.8 Å². The molecule has 0 heterocycles. The average molecular weight is 233 g/mol. The molecule has 0 amide bonds. The number of thioether (sulfide) groups is 1. The Morgan fingerprint density at radius 2 is 2.20 bits per heavy atom. The fourth-order valence-corrected chi connectivity index (χ4v) is 1.76. The van der Waals surface area contributed by atoms with E-state index in [2.05, 4.69) is 18.5 Å². The Balaban J connectivity index is 3.76. The molecule has 0 rings (SSSR count). The molecule has 1 unspecified atom stereocenters. The van der Waals surface area contributed by atoms with Gasteiger partial charge in [-0.15, -0.1) is 0 Å². The first-order chi connectivity index (χ1) is 7.26. The van der Waals surface area contributed by atoms with Crippen molar-refractivity contribution in [1.29, 1.82) is 0 Å². The van der Waals surface area contributed by atoms with Crippen LogP contribution in [0.5, 0.6) is 0 Å². The summed E-state index contributed by atoms with van der Waals surface area (Å²) >= 11 is 1.83. The van der Waals surface area contributed by atoms with E-state index in [0.717, 1.165) is 31.6 Å². The lowest BCUT2D eigenvalue weighted by Gasteiger charge is -2.16. The van der Waals surface area contributed by atoms with Gasteiger partial charge in [0.05, 0.1) is 6.61 Å².